The number of ether oxygens (including phenoxy) is 1. The van der Waals surface area contributed by atoms with Crippen LogP contribution in [0.1, 0.15) is 11.1 Å². The highest BCUT2D eigenvalue weighted by molar-refractivity contribution is 6.30. The largest absolute Gasteiger partial charge is 0.491 e. The number of halogens is 1. The SMILES string of the molecule is Cc1ccc(CC(O)COc2cccc(Cl)c2)cc1. The summed E-state index contributed by atoms with van der Waals surface area (Å²) in [5.41, 5.74) is 2.32. The Kier molecular flexibility index (Phi) is 4.83. The van der Waals surface area contributed by atoms with E-state index < -0.39 is 6.10 Å². The molecular weight excluding hydrogens is 260 g/mol. The summed E-state index contributed by atoms with van der Waals surface area (Å²) in [5, 5.41) is 10.6. The van der Waals surface area contributed by atoms with Crippen molar-refractivity contribution < 1.29 is 9.84 Å². The van der Waals surface area contributed by atoms with Crippen molar-refractivity contribution in [3.63, 3.8) is 0 Å². The first-order valence-electron chi connectivity index (χ1n) is 6.25. The average molecular weight is 277 g/mol. The molecule has 2 rings (SSSR count). The van der Waals surface area contributed by atoms with Crippen LogP contribution in [0.15, 0.2) is 48.5 Å². The van der Waals surface area contributed by atoms with Crippen molar-refractivity contribution >= 4 is 11.6 Å². The van der Waals surface area contributed by atoms with Gasteiger partial charge in [-0.3, -0.25) is 0 Å². The fourth-order valence-corrected chi connectivity index (χ4v) is 1.98. The van der Waals surface area contributed by atoms with Gasteiger partial charge in [0.05, 0.1) is 6.10 Å². The third kappa shape index (κ3) is 4.58. The number of rotatable bonds is 5. The summed E-state index contributed by atoms with van der Waals surface area (Å²) in [6.45, 7) is 2.30. The molecule has 2 aromatic carbocycles. The summed E-state index contributed by atoms with van der Waals surface area (Å²) in [4.78, 5) is 0. The second-order valence-electron chi connectivity index (χ2n) is 4.61. The van der Waals surface area contributed by atoms with E-state index in [9.17, 15) is 5.11 Å². The molecule has 0 saturated heterocycles. The van der Waals surface area contributed by atoms with Crippen LogP contribution in [0.4, 0.5) is 0 Å². The monoisotopic (exact) mass is 276 g/mol. The van der Waals surface area contributed by atoms with Gasteiger partial charge in [0.15, 0.2) is 0 Å². The van der Waals surface area contributed by atoms with Gasteiger partial charge in [0.2, 0.25) is 0 Å². The first kappa shape index (κ1) is 13.9. The lowest BCUT2D eigenvalue weighted by Gasteiger charge is -2.12. The van der Waals surface area contributed by atoms with E-state index in [1.165, 1.54) is 5.56 Å². The number of hydrogen-bond donors (Lipinski definition) is 1. The highest BCUT2D eigenvalue weighted by atomic mass is 35.5. The summed E-state index contributed by atoms with van der Waals surface area (Å²) in [5.74, 6) is 0.676. The molecule has 3 heteroatoms. The van der Waals surface area contributed by atoms with Crippen LogP contribution >= 0.6 is 11.6 Å². The minimum Gasteiger partial charge on any atom is -0.491 e. The van der Waals surface area contributed by atoms with E-state index in [2.05, 4.69) is 0 Å². The molecule has 19 heavy (non-hydrogen) atoms. The van der Waals surface area contributed by atoms with E-state index in [0.29, 0.717) is 17.2 Å². The maximum Gasteiger partial charge on any atom is 0.120 e. The van der Waals surface area contributed by atoms with Gasteiger partial charge in [0.1, 0.15) is 12.4 Å². The molecule has 0 aliphatic heterocycles. The van der Waals surface area contributed by atoms with E-state index in [1.54, 1.807) is 12.1 Å². The van der Waals surface area contributed by atoms with Gasteiger partial charge in [-0.2, -0.15) is 0 Å². The molecule has 0 aromatic heterocycles. The van der Waals surface area contributed by atoms with Crippen molar-refractivity contribution in [1.82, 2.24) is 0 Å². The van der Waals surface area contributed by atoms with Gasteiger partial charge in [-0.1, -0.05) is 47.5 Å². The fourth-order valence-electron chi connectivity index (χ4n) is 1.80. The molecule has 2 aromatic rings. The molecule has 0 radical (unpaired) electrons. The van der Waals surface area contributed by atoms with Gasteiger partial charge in [-0.05, 0) is 30.7 Å². The Bertz CT molecular complexity index is 523. The van der Waals surface area contributed by atoms with E-state index in [0.717, 1.165) is 5.56 Å². The normalized spacial score (nSPS) is 12.2. The van der Waals surface area contributed by atoms with Crippen molar-refractivity contribution in [1.29, 1.82) is 0 Å². The van der Waals surface area contributed by atoms with E-state index in [-0.39, 0.29) is 6.61 Å². The van der Waals surface area contributed by atoms with Crippen molar-refractivity contribution in [3.8, 4) is 5.75 Å². The molecule has 0 fully saturated rings. The quantitative estimate of drug-likeness (QED) is 0.904. The molecule has 0 heterocycles. The van der Waals surface area contributed by atoms with Crippen molar-refractivity contribution in [2.75, 3.05) is 6.61 Å². The van der Waals surface area contributed by atoms with Crippen LogP contribution in [-0.4, -0.2) is 17.8 Å². The zero-order valence-electron chi connectivity index (χ0n) is 10.8. The van der Waals surface area contributed by atoms with Crippen LogP contribution in [0.25, 0.3) is 0 Å². The Hall–Kier alpha value is -1.51. The van der Waals surface area contributed by atoms with Crippen LogP contribution in [0.3, 0.4) is 0 Å². The molecule has 0 bridgehead atoms. The second kappa shape index (κ2) is 6.60. The maximum absolute atomic E-state index is 9.94. The highest BCUT2D eigenvalue weighted by Crippen LogP contribution is 2.17. The number of aliphatic hydroxyl groups excluding tert-OH is 1. The standard InChI is InChI=1S/C16H17ClO2/c1-12-5-7-13(8-6-12)9-15(18)11-19-16-4-2-3-14(17)10-16/h2-8,10,15,18H,9,11H2,1H3. The van der Waals surface area contributed by atoms with E-state index in [4.69, 9.17) is 16.3 Å². The molecule has 0 aliphatic rings. The second-order valence-corrected chi connectivity index (χ2v) is 5.05. The maximum atomic E-state index is 9.94. The molecule has 1 atom stereocenters. The van der Waals surface area contributed by atoms with Gasteiger partial charge in [0.25, 0.3) is 0 Å². The Balaban J connectivity index is 1.84. The Morgan fingerprint density at radius 3 is 2.58 bits per heavy atom. The zero-order valence-corrected chi connectivity index (χ0v) is 11.6. The Morgan fingerprint density at radius 2 is 1.89 bits per heavy atom. The smallest absolute Gasteiger partial charge is 0.120 e. The minimum atomic E-state index is -0.526. The summed E-state index contributed by atoms with van der Waals surface area (Å²) in [6.07, 6.45) is 0.0580. The summed E-state index contributed by atoms with van der Waals surface area (Å²) in [6, 6.07) is 15.3. The van der Waals surface area contributed by atoms with Crippen LogP contribution < -0.4 is 4.74 Å². The van der Waals surface area contributed by atoms with Gasteiger partial charge in [-0.15, -0.1) is 0 Å². The molecule has 0 aliphatic carbocycles. The van der Waals surface area contributed by atoms with Crippen molar-refractivity contribution in [2.24, 2.45) is 0 Å². The van der Waals surface area contributed by atoms with E-state index in [1.807, 2.05) is 43.3 Å². The lowest BCUT2D eigenvalue weighted by atomic mass is 10.1. The van der Waals surface area contributed by atoms with Gasteiger partial charge in [-0.25, -0.2) is 0 Å². The third-order valence-electron chi connectivity index (χ3n) is 2.83. The van der Waals surface area contributed by atoms with Crippen LogP contribution in [0.2, 0.25) is 5.02 Å². The fraction of sp³-hybridized carbons (Fsp3) is 0.250. The Labute approximate surface area is 118 Å². The summed E-state index contributed by atoms with van der Waals surface area (Å²) < 4.78 is 5.51. The average Bonchev–Trinajstić information content (AvgIpc) is 2.39. The van der Waals surface area contributed by atoms with Crippen LogP contribution in [0.5, 0.6) is 5.75 Å². The lowest BCUT2D eigenvalue weighted by molar-refractivity contribution is 0.108. The predicted molar refractivity (Wildman–Crippen MR) is 77.8 cm³/mol. The van der Waals surface area contributed by atoms with Crippen LogP contribution in [0, 0.1) is 6.92 Å². The molecule has 0 saturated carbocycles. The molecule has 0 spiro atoms. The Morgan fingerprint density at radius 1 is 1.16 bits per heavy atom. The number of hydrogen-bond acceptors (Lipinski definition) is 2. The zero-order chi connectivity index (χ0) is 13.7. The predicted octanol–water partition coefficient (Wildman–Crippen LogP) is 3.63. The van der Waals surface area contributed by atoms with Gasteiger partial charge in [0, 0.05) is 11.4 Å². The van der Waals surface area contributed by atoms with E-state index >= 15 is 0 Å². The topological polar surface area (TPSA) is 29.5 Å². The number of benzene rings is 2. The summed E-state index contributed by atoms with van der Waals surface area (Å²) >= 11 is 5.86. The van der Waals surface area contributed by atoms with Gasteiger partial charge < -0.3 is 9.84 Å². The third-order valence-corrected chi connectivity index (χ3v) is 3.07. The minimum absolute atomic E-state index is 0.258. The molecule has 2 nitrogen and oxygen atoms in total. The lowest BCUT2D eigenvalue weighted by Crippen LogP contribution is -2.20. The van der Waals surface area contributed by atoms with Crippen molar-refractivity contribution in [2.45, 2.75) is 19.4 Å². The van der Waals surface area contributed by atoms with Crippen LogP contribution in [-0.2, 0) is 6.42 Å². The van der Waals surface area contributed by atoms with Crippen molar-refractivity contribution in [3.05, 3.63) is 64.7 Å². The molecule has 0 amide bonds. The number of aliphatic hydroxyl groups is 1. The summed E-state index contributed by atoms with van der Waals surface area (Å²) in [7, 11) is 0. The first-order chi connectivity index (χ1) is 9.13. The first-order valence-corrected chi connectivity index (χ1v) is 6.63. The highest BCUT2D eigenvalue weighted by Gasteiger charge is 2.07. The number of aryl methyl sites for hydroxylation is 1. The van der Waals surface area contributed by atoms with Gasteiger partial charge >= 0.3 is 0 Å². The molecule has 100 valence electrons. The molecule has 1 N–H and O–H groups in total. The molecular formula is C16H17ClO2. The molecule has 1 unspecified atom stereocenters.